The second kappa shape index (κ2) is 6.34. The van der Waals surface area contributed by atoms with Crippen molar-refractivity contribution in [2.24, 2.45) is 5.92 Å². The number of rotatable bonds is 3. The van der Waals surface area contributed by atoms with Crippen molar-refractivity contribution in [2.75, 3.05) is 32.7 Å². The van der Waals surface area contributed by atoms with E-state index in [1.54, 1.807) is 6.20 Å². The van der Waals surface area contributed by atoms with Gasteiger partial charge in [0.2, 0.25) is 5.91 Å². The highest BCUT2D eigenvalue weighted by molar-refractivity contribution is 5.78. The first-order valence-electron chi connectivity index (χ1n) is 8.15. The lowest BCUT2D eigenvalue weighted by molar-refractivity contribution is -0.135. The summed E-state index contributed by atoms with van der Waals surface area (Å²) in [6.07, 6.45) is 5.26. The van der Waals surface area contributed by atoms with Crippen molar-refractivity contribution in [3.05, 3.63) is 11.9 Å². The minimum atomic E-state index is -0.998. The molecule has 2 aliphatic heterocycles. The molecule has 3 heterocycles. The van der Waals surface area contributed by atoms with E-state index < -0.39 is 5.60 Å². The van der Waals surface area contributed by atoms with Crippen molar-refractivity contribution in [2.45, 2.75) is 38.2 Å². The van der Waals surface area contributed by atoms with Crippen molar-refractivity contribution in [1.82, 2.24) is 25.2 Å². The first-order valence-corrected chi connectivity index (χ1v) is 8.15. The van der Waals surface area contributed by atoms with Gasteiger partial charge in [0.25, 0.3) is 0 Å². The number of aliphatic hydroxyl groups is 1. The van der Waals surface area contributed by atoms with Crippen LogP contribution in [0.4, 0.5) is 0 Å². The van der Waals surface area contributed by atoms with E-state index in [0.29, 0.717) is 25.2 Å². The number of H-pyrrole nitrogens is 1. The number of hydrogen-bond donors (Lipinski definition) is 2. The van der Waals surface area contributed by atoms with Gasteiger partial charge in [-0.1, -0.05) is 6.92 Å². The van der Waals surface area contributed by atoms with Crippen LogP contribution in [0.15, 0.2) is 6.20 Å². The van der Waals surface area contributed by atoms with Crippen LogP contribution in [-0.2, 0) is 10.4 Å². The number of β-amino-alcohol motifs (C(OH)–C–C–N with tert-alkyl or cyclic N) is 1. The molecule has 1 amide bonds. The lowest BCUT2D eigenvalue weighted by Crippen LogP contribution is -2.51. The van der Waals surface area contributed by atoms with E-state index in [4.69, 9.17) is 0 Å². The molecule has 7 nitrogen and oxygen atoms in total. The molecule has 1 aromatic heterocycles. The summed E-state index contributed by atoms with van der Waals surface area (Å²) < 4.78 is 0. The van der Waals surface area contributed by atoms with Crippen LogP contribution in [0.25, 0.3) is 0 Å². The summed E-state index contributed by atoms with van der Waals surface area (Å²) in [5.74, 6) is 0.896. The Morgan fingerprint density at radius 2 is 2.23 bits per heavy atom. The van der Waals surface area contributed by atoms with Crippen LogP contribution >= 0.6 is 0 Å². The largest absolute Gasteiger partial charge is 0.382 e. The Morgan fingerprint density at radius 1 is 1.45 bits per heavy atom. The van der Waals surface area contributed by atoms with Crippen molar-refractivity contribution in [1.29, 1.82) is 0 Å². The molecule has 7 heteroatoms. The summed E-state index contributed by atoms with van der Waals surface area (Å²) in [7, 11) is 0. The molecule has 22 heavy (non-hydrogen) atoms. The van der Waals surface area contributed by atoms with E-state index in [2.05, 4.69) is 22.3 Å². The number of hydrogen-bond acceptors (Lipinski definition) is 5. The zero-order valence-electron chi connectivity index (χ0n) is 13.2. The smallest absolute Gasteiger partial charge is 0.236 e. The van der Waals surface area contributed by atoms with E-state index in [1.165, 1.54) is 0 Å². The Hall–Kier alpha value is -1.47. The summed E-state index contributed by atoms with van der Waals surface area (Å²) in [4.78, 5) is 16.4. The minimum Gasteiger partial charge on any atom is -0.382 e. The number of carbonyl (C=O) groups is 1. The zero-order valence-corrected chi connectivity index (χ0v) is 13.2. The Morgan fingerprint density at radius 3 is 2.91 bits per heavy atom. The molecule has 0 unspecified atom stereocenters. The van der Waals surface area contributed by atoms with Crippen LogP contribution in [0.5, 0.6) is 0 Å². The van der Waals surface area contributed by atoms with E-state index in [0.717, 1.165) is 44.8 Å². The van der Waals surface area contributed by atoms with Gasteiger partial charge >= 0.3 is 0 Å². The van der Waals surface area contributed by atoms with E-state index >= 15 is 0 Å². The molecule has 0 spiro atoms. The molecule has 122 valence electrons. The second-order valence-electron chi connectivity index (χ2n) is 6.76. The van der Waals surface area contributed by atoms with Crippen molar-refractivity contribution >= 4 is 5.91 Å². The van der Waals surface area contributed by atoms with Crippen molar-refractivity contribution < 1.29 is 9.90 Å². The van der Waals surface area contributed by atoms with Crippen molar-refractivity contribution in [3.8, 4) is 0 Å². The summed E-state index contributed by atoms with van der Waals surface area (Å²) in [6, 6.07) is 0. The van der Waals surface area contributed by atoms with Crippen molar-refractivity contribution in [3.63, 3.8) is 0 Å². The zero-order chi connectivity index (χ0) is 15.6. The molecule has 2 fully saturated rings. The average Bonchev–Trinajstić information content (AvgIpc) is 3.03. The van der Waals surface area contributed by atoms with Gasteiger partial charge in [-0.3, -0.25) is 9.69 Å². The first-order chi connectivity index (χ1) is 10.6. The molecule has 2 N–H and O–H groups in total. The molecule has 1 atom stereocenters. The Labute approximate surface area is 130 Å². The van der Waals surface area contributed by atoms with Crippen LogP contribution in [-0.4, -0.2) is 68.9 Å². The maximum Gasteiger partial charge on any atom is 0.236 e. The quantitative estimate of drug-likeness (QED) is 0.841. The van der Waals surface area contributed by atoms with Gasteiger partial charge in [-0.15, -0.1) is 0 Å². The lowest BCUT2D eigenvalue weighted by Gasteiger charge is -2.39. The van der Waals surface area contributed by atoms with E-state index in [-0.39, 0.29) is 5.91 Å². The SMILES string of the molecule is CC1CCN(C(=O)CN2CCC[C@@](O)(c3cn[nH]n3)C2)CC1. The molecule has 3 rings (SSSR count). The average molecular weight is 307 g/mol. The van der Waals surface area contributed by atoms with E-state index in [1.807, 2.05) is 9.80 Å². The summed E-state index contributed by atoms with van der Waals surface area (Å²) in [5, 5.41) is 21.1. The predicted molar refractivity (Wildman–Crippen MR) is 80.9 cm³/mol. The molecular formula is C15H25N5O2. The van der Waals surface area contributed by atoms with Crippen LogP contribution < -0.4 is 0 Å². The predicted octanol–water partition coefficient (Wildman–Crippen LogP) is 0.347. The van der Waals surface area contributed by atoms with Crippen LogP contribution in [0.3, 0.4) is 0 Å². The Balaban J connectivity index is 1.57. The number of carbonyl (C=O) groups excluding carboxylic acids is 1. The fourth-order valence-electron chi connectivity index (χ4n) is 3.44. The Bertz CT molecular complexity index is 498. The maximum atomic E-state index is 12.4. The summed E-state index contributed by atoms with van der Waals surface area (Å²) in [6.45, 7) is 5.63. The maximum absolute atomic E-state index is 12.4. The molecule has 2 saturated heterocycles. The third-order valence-electron chi connectivity index (χ3n) is 4.94. The summed E-state index contributed by atoms with van der Waals surface area (Å²) in [5.41, 5.74) is -0.432. The Kier molecular flexibility index (Phi) is 4.44. The highest BCUT2D eigenvalue weighted by atomic mass is 16.3. The fraction of sp³-hybridized carbons (Fsp3) is 0.800. The van der Waals surface area contributed by atoms with Gasteiger partial charge < -0.3 is 10.0 Å². The van der Waals surface area contributed by atoms with Crippen LogP contribution in [0, 0.1) is 5.92 Å². The lowest BCUT2D eigenvalue weighted by atomic mass is 9.90. The third-order valence-corrected chi connectivity index (χ3v) is 4.94. The minimum absolute atomic E-state index is 0.177. The molecule has 0 saturated carbocycles. The summed E-state index contributed by atoms with van der Waals surface area (Å²) >= 11 is 0. The molecular weight excluding hydrogens is 282 g/mol. The van der Waals surface area contributed by atoms with Gasteiger partial charge in [-0.25, -0.2) is 0 Å². The van der Waals surface area contributed by atoms with Gasteiger partial charge in [-0.05, 0) is 38.1 Å². The van der Waals surface area contributed by atoms with Gasteiger partial charge in [0.15, 0.2) is 0 Å². The van der Waals surface area contributed by atoms with Crippen LogP contribution in [0.2, 0.25) is 0 Å². The molecule has 0 aromatic carbocycles. The number of nitrogens with zero attached hydrogens (tertiary/aromatic N) is 4. The highest BCUT2D eigenvalue weighted by Crippen LogP contribution is 2.29. The number of amides is 1. The number of likely N-dealkylation sites (tertiary alicyclic amines) is 2. The molecule has 2 aliphatic rings. The first kappa shape index (κ1) is 15.4. The molecule has 0 radical (unpaired) electrons. The second-order valence-corrected chi connectivity index (χ2v) is 6.76. The highest BCUT2D eigenvalue weighted by Gasteiger charge is 2.38. The van der Waals surface area contributed by atoms with Gasteiger partial charge in [0.05, 0.1) is 12.7 Å². The molecule has 0 aliphatic carbocycles. The number of aromatic nitrogens is 3. The number of nitrogens with one attached hydrogen (secondary N) is 1. The fourth-order valence-corrected chi connectivity index (χ4v) is 3.44. The van der Waals surface area contributed by atoms with Gasteiger partial charge in [-0.2, -0.15) is 15.4 Å². The third kappa shape index (κ3) is 3.30. The standard InChI is InChI=1S/C15H25N5O2/c1-12-3-7-20(8-4-12)14(21)10-19-6-2-5-15(22,11-19)13-9-16-18-17-13/h9,12,22H,2-8,10-11H2,1H3,(H,16,17,18)/t15-/m0/s1. The number of aromatic amines is 1. The van der Waals surface area contributed by atoms with Gasteiger partial charge in [0, 0.05) is 19.6 Å². The number of piperidine rings is 2. The van der Waals surface area contributed by atoms with E-state index in [9.17, 15) is 9.90 Å². The van der Waals surface area contributed by atoms with Gasteiger partial charge in [0.1, 0.15) is 11.3 Å². The monoisotopic (exact) mass is 307 g/mol. The molecule has 1 aromatic rings. The molecule has 0 bridgehead atoms. The topological polar surface area (TPSA) is 85.4 Å². The normalized spacial score (nSPS) is 28.0. The van der Waals surface area contributed by atoms with Crippen LogP contribution in [0.1, 0.15) is 38.3 Å².